The van der Waals surface area contributed by atoms with Crippen LogP contribution in [0.1, 0.15) is 59.8 Å². The molecule has 0 aromatic rings. The molecule has 2 fully saturated rings. The summed E-state index contributed by atoms with van der Waals surface area (Å²) in [5.74, 6) is 0.968. The standard InChI is InChI=1S/C16H30N2O/c1-5-6-12-9-13(17-15(19)16(2,3)4)11-18(10-12)14-7-8-14/h12-14H,5-11H2,1-4H3,(H,17,19). The lowest BCUT2D eigenvalue weighted by atomic mass is 9.89. The third-order valence-electron chi connectivity index (χ3n) is 4.34. The van der Waals surface area contributed by atoms with Gasteiger partial charge in [0.05, 0.1) is 0 Å². The highest BCUT2D eigenvalue weighted by Crippen LogP contribution is 2.32. The topological polar surface area (TPSA) is 32.3 Å². The van der Waals surface area contributed by atoms with E-state index in [0.29, 0.717) is 6.04 Å². The molecule has 1 heterocycles. The van der Waals surface area contributed by atoms with E-state index in [1.165, 1.54) is 38.6 Å². The quantitative estimate of drug-likeness (QED) is 0.848. The zero-order chi connectivity index (χ0) is 14.0. The van der Waals surface area contributed by atoms with Crippen LogP contribution in [0.4, 0.5) is 0 Å². The Labute approximate surface area is 118 Å². The van der Waals surface area contributed by atoms with Crippen molar-refractivity contribution in [2.75, 3.05) is 13.1 Å². The Hall–Kier alpha value is -0.570. The van der Waals surface area contributed by atoms with Crippen molar-refractivity contribution in [2.45, 2.75) is 71.9 Å². The normalized spacial score (nSPS) is 29.3. The first-order chi connectivity index (χ1) is 8.90. The fourth-order valence-electron chi connectivity index (χ4n) is 3.10. The predicted octanol–water partition coefficient (Wildman–Crippen LogP) is 2.80. The number of hydrogen-bond donors (Lipinski definition) is 1. The number of hydrogen-bond acceptors (Lipinski definition) is 2. The highest BCUT2D eigenvalue weighted by molar-refractivity contribution is 5.81. The lowest BCUT2D eigenvalue weighted by Gasteiger charge is -2.39. The van der Waals surface area contributed by atoms with Gasteiger partial charge >= 0.3 is 0 Å². The van der Waals surface area contributed by atoms with Gasteiger partial charge in [-0.05, 0) is 31.6 Å². The highest BCUT2D eigenvalue weighted by atomic mass is 16.2. The molecule has 0 radical (unpaired) electrons. The molecule has 2 rings (SSSR count). The average Bonchev–Trinajstić information content (AvgIpc) is 3.11. The average molecular weight is 266 g/mol. The molecule has 3 heteroatoms. The van der Waals surface area contributed by atoms with Crippen LogP contribution in [0.25, 0.3) is 0 Å². The summed E-state index contributed by atoms with van der Waals surface area (Å²) in [4.78, 5) is 14.8. The molecule has 1 saturated heterocycles. The van der Waals surface area contributed by atoms with Crippen LogP contribution in [0, 0.1) is 11.3 Å². The number of nitrogens with zero attached hydrogens (tertiary/aromatic N) is 1. The molecule has 110 valence electrons. The molecular formula is C16H30N2O. The number of carbonyl (C=O) groups is 1. The maximum Gasteiger partial charge on any atom is 0.225 e. The first-order valence-electron chi connectivity index (χ1n) is 7.95. The smallest absolute Gasteiger partial charge is 0.225 e. The van der Waals surface area contributed by atoms with E-state index in [1.54, 1.807) is 0 Å². The van der Waals surface area contributed by atoms with Crippen molar-refractivity contribution in [3.63, 3.8) is 0 Å². The number of carbonyl (C=O) groups excluding carboxylic acids is 1. The lowest BCUT2D eigenvalue weighted by molar-refractivity contribution is -0.129. The Kier molecular flexibility index (Phi) is 4.54. The van der Waals surface area contributed by atoms with Gasteiger partial charge in [-0.3, -0.25) is 9.69 Å². The van der Waals surface area contributed by atoms with E-state index >= 15 is 0 Å². The summed E-state index contributed by atoms with van der Waals surface area (Å²) in [6.07, 6.45) is 6.44. The zero-order valence-electron chi connectivity index (χ0n) is 13.0. The number of piperidine rings is 1. The van der Waals surface area contributed by atoms with Crippen LogP contribution >= 0.6 is 0 Å². The van der Waals surface area contributed by atoms with Crippen LogP contribution in [0.5, 0.6) is 0 Å². The first kappa shape index (κ1) is 14.8. The Bertz CT molecular complexity index is 317. The van der Waals surface area contributed by atoms with Gasteiger partial charge in [0.15, 0.2) is 0 Å². The van der Waals surface area contributed by atoms with Crippen molar-refractivity contribution in [3.8, 4) is 0 Å². The monoisotopic (exact) mass is 266 g/mol. The minimum Gasteiger partial charge on any atom is -0.352 e. The van der Waals surface area contributed by atoms with E-state index in [2.05, 4.69) is 17.1 Å². The highest BCUT2D eigenvalue weighted by Gasteiger charge is 2.37. The van der Waals surface area contributed by atoms with Crippen LogP contribution in [-0.4, -0.2) is 36.0 Å². The van der Waals surface area contributed by atoms with E-state index < -0.39 is 0 Å². The fraction of sp³-hybridized carbons (Fsp3) is 0.938. The Morgan fingerprint density at radius 1 is 1.26 bits per heavy atom. The van der Waals surface area contributed by atoms with Crippen molar-refractivity contribution in [2.24, 2.45) is 11.3 Å². The molecule has 19 heavy (non-hydrogen) atoms. The van der Waals surface area contributed by atoms with Gasteiger partial charge in [0.25, 0.3) is 0 Å². The SMILES string of the molecule is CCCC1CC(NC(=O)C(C)(C)C)CN(C2CC2)C1. The summed E-state index contributed by atoms with van der Waals surface area (Å²) < 4.78 is 0. The second kappa shape index (κ2) is 5.82. The molecule has 1 aliphatic heterocycles. The third-order valence-corrected chi connectivity index (χ3v) is 4.34. The molecule has 0 aromatic carbocycles. The van der Waals surface area contributed by atoms with E-state index in [0.717, 1.165) is 18.5 Å². The summed E-state index contributed by atoms with van der Waals surface area (Å²) in [5.41, 5.74) is -0.276. The van der Waals surface area contributed by atoms with E-state index in [4.69, 9.17) is 0 Å². The van der Waals surface area contributed by atoms with Gasteiger partial charge in [0.2, 0.25) is 5.91 Å². The van der Waals surface area contributed by atoms with Crippen LogP contribution in [0.2, 0.25) is 0 Å². The minimum absolute atomic E-state index is 0.199. The molecular weight excluding hydrogens is 236 g/mol. The molecule has 2 aliphatic rings. The lowest BCUT2D eigenvalue weighted by Crippen LogP contribution is -2.53. The summed E-state index contributed by atoms with van der Waals surface area (Å²) in [6.45, 7) is 10.6. The first-order valence-corrected chi connectivity index (χ1v) is 7.95. The van der Waals surface area contributed by atoms with Gasteiger partial charge in [-0.15, -0.1) is 0 Å². The van der Waals surface area contributed by atoms with Crippen LogP contribution in [-0.2, 0) is 4.79 Å². The van der Waals surface area contributed by atoms with Gasteiger partial charge in [0.1, 0.15) is 0 Å². The van der Waals surface area contributed by atoms with Gasteiger partial charge in [0, 0.05) is 30.6 Å². The second-order valence-electron chi connectivity index (χ2n) is 7.50. The van der Waals surface area contributed by atoms with Gasteiger partial charge < -0.3 is 5.32 Å². The third kappa shape index (κ3) is 4.20. The summed E-state index contributed by atoms with van der Waals surface area (Å²) in [7, 11) is 0. The summed E-state index contributed by atoms with van der Waals surface area (Å²) in [5, 5.41) is 3.28. The van der Waals surface area contributed by atoms with Crippen molar-refractivity contribution in [1.29, 1.82) is 0 Å². The van der Waals surface area contributed by atoms with E-state index in [-0.39, 0.29) is 11.3 Å². The molecule has 1 saturated carbocycles. The molecule has 1 amide bonds. The maximum absolute atomic E-state index is 12.2. The number of likely N-dealkylation sites (tertiary alicyclic amines) is 1. The molecule has 1 N–H and O–H groups in total. The van der Waals surface area contributed by atoms with Gasteiger partial charge in [-0.25, -0.2) is 0 Å². The van der Waals surface area contributed by atoms with Crippen LogP contribution in [0.3, 0.4) is 0 Å². The Morgan fingerprint density at radius 3 is 2.47 bits per heavy atom. The van der Waals surface area contributed by atoms with E-state index in [9.17, 15) is 4.79 Å². The minimum atomic E-state index is -0.276. The van der Waals surface area contributed by atoms with Crippen molar-refractivity contribution < 1.29 is 4.79 Å². The molecule has 0 aromatic heterocycles. The zero-order valence-corrected chi connectivity index (χ0v) is 13.0. The predicted molar refractivity (Wildman–Crippen MR) is 79.0 cm³/mol. The number of amides is 1. The number of rotatable bonds is 4. The molecule has 1 aliphatic carbocycles. The second-order valence-corrected chi connectivity index (χ2v) is 7.50. The van der Waals surface area contributed by atoms with Gasteiger partial charge in [-0.1, -0.05) is 34.1 Å². The fourth-order valence-corrected chi connectivity index (χ4v) is 3.10. The Morgan fingerprint density at radius 2 is 1.95 bits per heavy atom. The molecule has 2 atom stereocenters. The number of nitrogens with one attached hydrogen (secondary N) is 1. The van der Waals surface area contributed by atoms with Crippen molar-refractivity contribution in [3.05, 3.63) is 0 Å². The molecule has 0 spiro atoms. The van der Waals surface area contributed by atoms with Crippen molar-refractivity contribution >= 4 is 5.91 Å². The van der Waals surface area contributed by atoms with E-state index in [1.807, 2.05) is 20.8 Å². The molecule has 0 bridgehead atoms. The molecule has 3 nitrogen and oxygen atoms in total. The Balaban J connectivity index is 1.92. The van der Waals surface area contributed by atoms with Gasteiger partial charge in [-0.2, -0.15) is 0 Å². The summed E-state index contributed by atoms with van der Waals surface area (Å²) >= 11 is 0. The summed E-state index contributed by atoms with van der Waals surface area (Å²) in [6, 6.07) is 1.17. The maximum atomic E-state index is 12.2. The van der Waals surface area contributed by atoms with Crippen LogP contribution < -0.4 is 5.32 Å². The largest absolute Gasteiger partial charge is 0.352 e. The van der Waals surface area contributed by atoms with Crippen molar-refractivity contribution in [1.82, 2.24) is 10.2 Å². The van der Waals surface area contributed by atoms with Crippen LogP contribution in [0.15, 0.2) is 0 Å². The molecule has 2 unspecified atom stereocenters.